The molecule has 8 nitrogen and oxygen atoms in total. The lowest BCUT2D eigenvalue weighted by Gasteiger charge is -2.26. The van der Waals surface area contributed by atoms with Gasteiger partial charge in [0.25, 0.3) is 0 Å². The van der Waals surface area contributed by atoms with Gasteiger partial charge in [0.2, 0.25) is 5.91 Å². The average Bonchev–Trinajstić information content (AvgIpc) is 3.88. The highest BCUT2D eigenvalue weighted by molar-refractivity contribution is 5.81. The van der Waals surface area contributed by atoms with Gasteiger partial charge in [0.15, 0.2) is 6.10 Å². The third-order valence-electron chi connectivity index (χ3n) is 9.79. The van der Waals surface area contributed by atoms with Gasteiger partial charge in [-0.25, -0.2) is 4.39 Å². The maximum Gasteiger partial charge on any atom is 0.226 e. The standard InChI is InChI=1S/C37H47FN2O6.C2H6.CH4/c1-24-19-30(46-34-22-45-35-33(41)21-44-36(34)35)7-3-6-18-43-23-39-32(24)20-31(38)25(2)26-8-10-27(11-9-26)28-12-14-29(15-13-28)37(42)40-16-4-5-17-40;1-2;/h8-12,19-20,29,33-36,39,41H,1,3-7,13-18,21-23H2,2H3;1-2H3;1H4/b30-19+,31-25-,32-20+;;/t29?,33?,34?,35?,36-;;/m1../s1. The van der Waals surface area contributed by atoms with Gasteiger partial charge in [-0.3, -0.25) is 4.79 Å². The Bertz CT molecular complexity index is 1390. The van der Waals surface area contributed by atoms with Crippen molar-refractivity contribution in [1.82, 2.24) is 10.2 Å². The van der Waals surface area contributed by atoms with Gasteiger partial charge in [-0.05, 0) is 91.9 Å². The van der Waals surface area contributed by atoms with Crippen LogP contribution in [0.25, 0.3) is 11.1 Å². The van der Waals surface area contributed by atoms with Crippen LogP contribution in [-0.2, 0) is 23.7 Å². The zero-order chi connectivity index (χ0) is 34.0. The molecule has 1 amide bonds. The fourth-order valence-electron chi connectivity index (χ4n) is 6.96. The number of aliphatic hydroxyl groups excluding tert-OH is 1. The predicted molar refractivity (Wildman–Crippen MR) is 193 cm³/mol. The lowest BCUT2D eigenvalue weighted by atomic mass is 9.85. The Hall–Kier alpha value is -3.24. The normalized spacial score (nSPS) is 29.9. The molecule has 0 aromatic heterocycles. The number of nitrogens with zero attached hydrogens (tertiary/aromatic N) is 1. The van der Waals surface area contributed by atoms with Gasteiger partial charge >= 0.3 is 0 Å². The zero-order valence-corrected chi connectivity index (χ0v) is 28.8. The highest BCUT2D eigenvalue weighted by Crippen LogP contribution is 2.34. The summed E-state index contributed by atoms with van der Waals surface area (Å²) in [5.41, 5.74) is 4.77. The first-order valence-electron chi connectivity index (χ1n) is 17.8. The first-order valence-corrected chi connectivity index (χ1v) is 17.8. The van der Waals surface area contributed by atoms with Crippen molar-refractivity contribution in [3.8, 4) is 0 Å². The first-order chi connectivity index (χ1) is 23.4. The first kappa shape index (κ1) is 38.6. The summed E-state index contributed by atoms with van der Waals surface area (Å²) in [5.74, 6) is 0.746. The molecule has 5 aliphatic rings. The van der Waals surface area contributed by atoms with Crippen molar-refractivity contribution in [2.24, 2.45) is 5.92 Å². The van der Waals surface area contributed by atoms with E-state index < -0.39 is 6.10 Å². The number of hydrogen-bond donors (Lipinski definition) is 2. The van der Waals surface area contributed by atoms with Crippen molar-refractivity contribution in [3.05, 3.63) is 83.1 Å². The summed E-state index contributed by atoms with van der Waals surface area (Å²) in [6.07, 6.45) is 11.0. The van der Waals surface area contributed by atoms with Crippen LogP contribution in [0.2, 0.25) is 0 Å². The van der Waals surface area contributed by atoms with Crippen LogP contribution in [0.5, 0.6) is 0 Å². The van der Waals surface area contributed by atoms with Crippen molar-refractivity contribution in [2.75, 3.05) is 39.6 Å². The quantitative estimate of drug-likeness (QED) is 0.322. The molecule has 1 aromatic carbocycles. The SMILES string of the molecule is C.C=C1/C=C(/OC2COC3C(O)CO[C@H]23)CCCCOCN/C1=C/C(F)=C(\C)c1ccc(C2=CCC(C(=O)N3CCCC3)CC2)cc1.CC. The number of nitrogens with one attached hydrogen (secondary N) is 1. The molecule has 4 aliphatic heterocycles. The molecule has 2 N–H and O–H groups in total. The second kappa shape index (κ2) is 18.7. The third kappa shape index (κ3) is 9.72. The number of amides is 1. The second-order valence-electron chi connectivity index (χ2n) is 13.0. The molecule has 0 radical (unpaired) electrons. The number of aliphatic hydroxyl groups is 1. The number of rotatable bonds is 6. The molecule has 0 saturated carbocycles. The molecular weight excluding hydrogens is 623 g/mol. The molecule has 4 heterocycles. The summed E-state index contributed by atoms with van der Waals surface area (Å²) in [4.78, 5) is 14.8. The van der Waals surface area contributed by atoms with Crippen molar-refractivity contribution >= 4 is 17.1 Å². The fourth-order valence-corrected chi connectivity index (χ4v) is 6.96. The molecular formula is C40H57FN2O6. The fraction of sp³-hybridized carbons (Fsp3) is 0.575. The molecule has 1 aliphatic carbocycles. The van der Waals surface area contributed by atoms with E-state index in [9.17, 15) is 9.90 Å². The number of allylic oxidation sites excluding steroid dienone is 7. The Kier molecular flexibility index (Phi) is 14.7. The van der Waals surface area contributed by atoms with Crippen molar-refractivity contribution in [3.63, 3.8) is 0 Å². The van der Waals surface area contributed by atoms with Gasteiger partial charge in [0.1, 0.15) is 30.9 Å². The van der Waals surface area contributed by atoms with Crippen molar-refractivity contribution in [1.29, 1.82) is 0 Å². The van der Waals surface area contributed by atoms with Gasteiger partial charge in [-0.15, -0.1) is 0 Å². The van der Waals surface area contributed by atoms with Crippen molar-refractivity contribution < 1.29 is 33.2 Å². The lowest BCUT2D eigenvalue weighted by Crippen LogP contribution is -2.34. The van der Waals surface area contributed by atoms with E-state index in [0.29, 0.717) is 42.4 Å². The van der Waals surface area contributed by atoms with Crippen LogP contribution < -0.4 is 5.32 Å². The van der Waals surface area contributed by atoms with E-state index >= 15 is 4.39 Å². The smallest absolute Gasteiger partial charge is 0.226 e. The highest BCUT2D eigenvalue weighted by atomic mass is 19.1. The largest absolute Gasteiger partial charge is 0.490 e. The molecule has 5 atom stereocenters. The minimum absolute atomic E-state index is 0. The van der Waals surface area contributed by atoms with Crippen LogP contribution in [-0.4, -0.2) is 80.0 Å². The number of carbonyl (C=O) groups is 1. The minimum Gasteiger partial charge on any atom is -0.490 e. The molecule has 4 unspecified atom stereocenters. The molecule has 270 valence electrons. The Morgan fingerprint density at radius 1 is 1.06 bits per heavy atom. The topological polar surface area (TPSA) is 89.5 Å². The molecule has 9 heteroatoms. The molecule has 3 saturated heterocycles. The number of halogens is 1. The summed E-state index contributed by atoms with van der Waals surface area (Å²) in [6, 6.07) is 8.00. The van der Waals surface area contributed by atoms with E-state index in [1.807, 2.05) is 49.1 Å². The monoisotopic (exact) mass is 680 g/mol. The highest BCUT2D eigenvalue weighted by Gasteiger charge is 2.48. The molecule has 49 heavy (non-hydrogen) atoms. The van der Waals surface area contributed by atoms with Gasteiger partial charge < -0.3 is 34.3 Å². The summed E-state index contributed by atoms with van der Waals surface area (Å²) < 4.78 is 39.3. The number of carbonyl (C=O) groups excluding carboxylic acids is 1. The molecule has 0 spiro atoms. The summed E-state index contributed by atoms with van der Waals surface area (Å²) in [5, 5.41) is 13.3. The van der Waals surface area contributed by atoms with E-state index in [-0.39, 0.29) is 50.8 Å². The van der Waals surface area contributed by atoms with Crippen LogP contribution in [0.15, 0.2) is 71.9 Å². The van der Waals surface area contributed by atoms with E-state index in [1.54, 1.807) is 6.92 Å². The van der Waals surface area contributed by atoms with Gasteiger partial charge in [0.05, 0.1) is 19.0 Å². The maximum absolute atomic E-state index is 15.8. The van der Waals surface area contributed by atoms with Gasteiger partial charge in [-0.2, -0.15) is 0 Å². The number of benzene rings is 1. The number of likely N-dealkylation sites (tertiary alicyclic amines) is 1. The Balaban J connectivity index is 0.00000177. The maximum atomic E-state index is 15.8. The number of fused-ring (bicyclic) bond motifs is 1. The Morgan fingerprint density at radius 3 is 2.51 bits per heavy atom. The summed E-state index contributed by atoms with van der Waals surface area (Å²) >= 11 is 0. The van der Waals surface area contributed by atoms with Crippen LogP contribution >= 0.6 is 0 Å². The Labute approximate surface area is 292 Å². The van der Waals surface area contributed by atoms with Gasteiger partial charge in [-0.1, -0.05) is 58.2 Å². The summed E-state index contributed by atoms with van der Waals surface area (Å²) in [6.45, 7) is 13.2. The molecule has 3 fully saturated rings. The van der Waals surface area contributed by atoms with Crippen LogP contribution in [0.3, 0.4) is 0 Å². The predicted octanol–water partition coefficient (Wildman–Crippen LogP) is 7.47. The van der Waals surface area contributed by atoms with Crippen LogP contribution in [0, 0.1) is 5.92 Å². The number of ether oxygens (including phenoxy) is 4. The molecule has 0 bridgehead atoms. The molecule has 6 rings (SSSR count). The molecule has 1 aromatic rings. The van der Waals surface area contributed by atoms with Crippen LogP contribution in [0.4, 0.5) is 4.39 Å². The van der Waals surface area contributed by atoms with E-state index in [2.05, 4.69) is 18.0 Å². The summed E-state index contributed by atoms with van der Waals surface area (Å²) in [7, 11) is 0. The van der Waals surface area contributed by atoms with Crippen molar-refractivity contribution in [2.45, 2.75) is 104 Å². The third-order valence-corrected chi connectivity index (χ3v) is 9.79. The van der Waals surface area contributed by atoms with E-state index in [0.717, 1.165) is 74.9 Å². The van der Waals surface area contributed by atoms with E-state index in [1.165, 1.54) is 11.6 Å². The van der Waals surface area contributed by atoms with Crippen LogP contribution in [0.1, 0.15) is 90.7 Å². The zero-order valence-electron chi connectivity index (χ0n) is 28.8. The minimum atomic E-state index is -0.645. The van der Waals surface area contributed by atoms with E-state index in [4.69, 9.17) is 18.9 Å². The van der Waals surface area contributed by atoms with Gasteiger partial charge in [0, 0.05) is 37.7 Å². The second-order valence-corrected chi connectivity index (χ2v) is 13.0. The lowest BCUT2D eigenvalue weighted by molar-refractivity contribution is -0.134. The Morgan fingerprint density at radius 2 is 1.80 bits per heavy atom. The number of hydrogen-bond acceptors (Lipinski definition) is 7. The average molecular weight is 681 g/mol.